The van der Waals surface area contributed by atoms with Gasteiger partial charge in [0.2, 0.25) is 0 Å². The van der Waals surface area contributed by atoms with Crippen molar-refractivity contribution in [3.63, 3.8) is 0 Å². The number of fused-ring (bicyclic) bond motifs is 4. The van der Waals surface area contributed by atoms with Crippen LogP contribution in [-0.2, 0) is 0 Å². The fourth-order valence-electron chi connectivity index (χ4n) is 7.98. The van der Waals surface area contributed by atoms with Crippen LogP contribution in [0.4, 0.5) is 17.1 Å². The number of rotatable bonds is 7. The van der Waals surface area contributed by atoms with Gasteiger partial charge in [-0.25, -0.2) is 4.98 Å². The minimum atomic E-state index is 0.845. The first kappa shape index (κ1) is 32.4. The Kier molecular flexibility index (Phi) is 8.04. The molecule has 0 saturated heterocycles. The van der Waals surface area contributed by atoms with E-state index in [0.29, 0.717) is 0 Å². The molecule has 10 rings (SSSR count). The Labute approximate surface area is 320 Å². The Morgan fingerprint density at radius 3 is 1.73 bits per heavy atom. The van der Waals surface area contributed by atoms with Crippen molar-refractivity contribution in [2.24, 2.45) is 0 Å². The topological polar surface area (TPSA) is 29.3 Å². The van der Waals surface area contributed by atoms with E-state index >= 15 is 0 Å². The lowest BCUT2D eigenvalue weighted by atomic mass is 9.94. The average Bonchev–Trinajstić information content (AvgIpc) is 3.64. The summed E-state index contributed by atoms with van der Waals surface area (Å²) < 4.78 is 6.66. The van der Waals surface area contributed by atoms with Gasteiger partial charge in [0.05, 0.1) is 11.4 Å². The van der Waals surface area contributed by atoms with Crippen LogP contribution in [0.15, 0.2) is 205 Å². The van der Waals surface area contributed by atoms with Gasteiger partial charge >= 0.3 is 0 Å². The molecule has 260 valence electrons. The number of hydrogen-bond donors (Lipinski definition) is 0. The maximum atomic E-state index is 6.66. The third-order valence-electron chi connectivity index (χ3n) is 10.6. The van der Waals surface area contributed by atoms with Crippen molar-refractivity contribution in [1.82, 2.24) is 4.98 Å². The molecule has 0 aliphatic carbocycles. The summed E-state index contributed by atoms with van der Waals surface area (Å²) in [4.78, 5) is 7.64. The van der Waals surface area contributed by atoms with E-state index < -0.39 is 0 Å². The molecule has 2 aromatic heterocycles. The maximum Gasteiger partial charge on any atom is 0.137 e. The molecule has 55 heavy (non-hydrogen) atoms. The first-order valence-electron chi connectivity index (χ1n) is 18.7. The minimum Gasteiger partial charge on any atom is -0.456 e. The van der Waals surface area contributed by atoms with Crippen molar-refractivity contribution >= 4 is 49.8 Å². The van der Waals surface area contributed by atoms with E-state index in [0.717, 1.165) is 78.0 Å². The molecule has 8 aromatic carbocycles. The smallest absolute Gasteiger partial charge is 0.137 e. The van der Waals surface area contributed by atoms with E-state index in [1.54, 1.807) is 0 Å². The lowest BCUT2D eigenvalue weighted by Gasteiger charge is -2.25. The highest BCUT2D eigenvalue weighted by Crippen LogP contribution is 2.42. The monoisotopic (exact) mass is 704 g/mol. The molecule has 0 atom stereocenters. The first-order chi connectivity index (χ1) is 27.2. The van der Waals surface area contributed by atoms with E-state index in [1.165, 1.54) is 22.1 Å². The summed E-state index contributed by atoms with van der Waals surface area (Å²) in [5, 5.41) is 4.56. The normalized spacial score (nSPS) is 11.4. The summed E-state index contributed by atoms with van der Waals surface area (Å²) >= 11 is 0. The standard InChI is InChI=1S/C52H36N2O/c1-35-44-23-11-12-24-46(44)52(38-17-7-3-8-18-38)53-51(35)40-20-13-19-39(33-40)45-25-14-26-48-50(45)47-32-31-43(34-49(47)55-48)54(41-21-9-4-10-22-41)42-29-27-37(28-30-42)36-15-5-2-6-16-36/h2-34H,1H3. The van der Waals surface area contributed by atoms with E-state index in [2.05, 4.69) is 212 Å². The summed E-state index contributed by atoms with van der Waals surface area (Å²) in [6.45, 7) is 2.18. The summed E-state index contributed by atoms with van der Waals surface area (Å²) in [6.07, 6.45) is 0. The summed E-state index contributed by atoms with van der Waals surface area (Å²) in [6, 6.07) is 70.6. The zero-order valence-corrected chi connectivity index (χ0v) is 30.4. The number of aryl methyl sites for hydroxylation is 1. The predicted molar refractivity (Wildman–Crippen MR) is 230 cm³/mol. The highest BCUT2D eigenvalue weighted by atomic mass is 16.3. The molecule has 0 unspecified atom stereocenters. The summed E-state index contributed by atoms with van der Waals surface area (Å²) in [5.41, 5.74) is 14.9. The molecule has 10 aromatic rings. The van der Waals surface area contributed by atoms with Gasteiger partial charge < -0.3 is 9.32 Å². The molecule has 0 spiro atoms. The number of aromatic nitrogens is 1. The predicted octanol–water partition coefficient (Wildman–Crippen LogP) is 14.6. The second kappa shape index (κ2) is 13.6. The van der Waals surface area contributed by atoms with Crippen LogP contribution in [0.25, 0.3) is 77.5 Å². The van der Waals surface area contributed by atoms with Crippen LogP contribution >= 0.6 is 0 Å². The molecular weight excluding hydrogens is 669 g/mol. The van der Waals surface area contributed by atoms with Crippen LogP contribution in [0.1, 0.15) is 5.56 Å². The molecule has 0 amide bonds. The quantitative estimate of drug-likeness (QED) is 0.165. The van der Waals surface area contributed by atoms with Gasteiger partial charge in [0.25, 0.3) is 0 Å². The zero-order chi connectivity index (χ0) is 36.7. The number of anilines is 3. The second-order valence-electron chi connectivity index (χ2n) is 14.0. The SMILES string of the molecule is Cc1c(-c2cccc(-c3cccc4oc5cc(N(c6ccccc6)c6ccc(-c7ccccc7)cc6)ccc5c34)c2)nc(-c2ccccc2)c2ccccc12. The van der Waals surface area contributed by atoms with Crippen LogP contribution < -0.4 is 4.90 Å². The van der Waals surface area contributed by atoms with Crippen LogP contribution in [-0.4, -0.2) is 4.98 Å². The van der Waals surface area contributed by atoms with Crippen molar-refractivity contribution in [2.75, 3.05) is 4.90 Å². The van der Waals surface area contributed by atoms with E-state index in [9.17, 15) is 0 Å². The van der Waals surface area contributed by atoms with E-state index in [1.807, 2.05) is 0 Å². The Hall–Kier alpha value is -7.23. The molecule has 0 aliphatic heterocycles. The maximum absolute atomic E-state index is 6.66. The number of hydrogen-bond acceptors (Lipinski definition) is 3. The van der Waals surface area contributed by atoms with Gasteiger partial charge in [-0.1, -0.05) is 146 Å². The third kappa shape index (κ3) is 5.83. The lowest BCUT2D eigenvalue weighted by Crippen LogP contribution is -2.09. The minimum absolute atomic E-state index is 0.845. The molecule has 0 fully saturated rings. The van der Waals surface area contributed by atoms with Crippen molar-refractivity contribution in [3.05, 3.63) is 206 Å². The summed E-state index contributed by atoms with van der Waals surface area (Å²) in [5.74, 6) is 0. The summed E-state index contributed by atoms with van der Waals surface area (Å²) in [7, 11) is 0. The second-order valence-corrected chi connectivity index (χ2v) is 14.0. The van der Waals surface area contributed by atoms with Crippen molar-refractivity contribution in [3.8, 4) is 44.8 Å². The van der Waals surface area contributed by atoms with E-state index in [-0.39, 0.29) is 0 Å². The van der Waals surface area contributed by atoms with Crippen LogP contribution in [0.3, 0.4) is 0 Å². The average molecular weight is 705 g/mol. The van der Waals surface area contributed by atoms with Gasteiger partial charge in [-0.15, -0.1) is 0 Å². The molecular formula is C52H36N2O. The van der Waals surface area contributed by atoms with Crippen molar-refractivity contribution in [1.29, 1.82) is 0 Å². The molecule has 2 heterocycles. The zero-order valence-electron chi connectivity index (χ0n) is 30.4. The van der Waals surface area contributed by atoms with Gasteiger partial charge in [0.1, 0.15) is 11.2 Å². The molecule has 0 bridgehead atoms. The number of para-hydroxylation sites is 1. The molecule has 3 heteroatoms. The van der Waals surface area contributed by atoms with Crippen molar-refractivity contribution in [2.45, 2.75) is 6.92 Å². The van der Waals surface area contributed by atoms with Crippen molar-refractivity contribution < 1.29 is 4.42 Å². The number of pyridine rings is 1. The number of furan rings is 1. The molecule has 0 radical (unpaired) electrons. The lowest BCUT2D eigenvalue weighted by molar-refractivity contribution is 0.669. The Morgan fingerprint density at radius 1 is 0.382 bits per heavy atom. The largest absolute Gasteiger partial charge is 0.456 e. The van der Waals surface area contributed by atoms with E-state index in [4.69, 9.17) is 9.40 Å². The molecule has 3 nitrogen and oxygen atoms in total. The highest BCUT2D eigenvalue weighted by Gasteiger charge is 2.19. The molecule has 0 aliphatic rings. The van der Waals surface area contributed by atoms with Gasteiger partial charge in [0, 0.05) is 50.4 Å². The fraction of sp³-hybridized carbons (Fsp3) is 0.0192. The van der Waals surface area contributed by atoms with Crippen LogP contribution in [0, 0.1) is 6.92 Å². The van der Waals surface area contributed by atoms with Gasteiger partial charge in [-0.2, -0.15) is 0 Å². The van der Waals surface area contributed by atoms with Gasteiger partial charge in [0.15, 0.2) is 0 Å². The molecule has 0 saturated carbocycles. The highest BCUT2D eigenvalue weighted by molar-refractivity contribution is 6.13. The fourth-order valence-corrected chi connectivity index (χ4v) is 7.98. The Morgan fingerprint density at radius 2 is 0.964 bits per heavy atom. The third-order valence-corrected chi connectivity index (χ3v) is 10.6. The van der Waals surface area contributed by atoms with Gasteiger partial charge in [-0.05, 0) is 88.7 Å². The van der Waals surface area contributed by atoms with Gasteiger partial charge in [-0.3, -0.25) is 0 Å². The number of nitrogens with zero attached hydrogens (tertiary/aromatic N) is 2. The van der Waals surface area contributed by atoms with Crippen LogP contribution in [0.2, 0.25) is 0 Å². The Balaban J connectivity index is 1.07. The Bertz CT molecular complexity index is 2970. The van der Waals surface area contributed by atoms with Crippen LogP contribution in [0.5, 0.6) is 0 Å². The molecule has 0 N–H and O–H groups in total. The number of benzene rings is 8. The first-order valence-corrected chi connectivity index (χ1v) is 18.7.